The Bertz CT molecular complexity index is 431. The van der Waals surface area contributed by atoms with E-state index < -0.39 is 0 Å². The average Bonchev–Trinajstić information content (AvgIpc) is 2.39. The summed E-state index contributed by atoms with van der Waals surface area (Å²) in [6, 6.07) is 6.99. The second kappa shape index (κ2) is 7.09. The van der Waals surface area contributed by atoms with Crippen molar-refractivity contribution in [2.24, 2.45) is 0 Å². The number of nitrogens with zero attached hydrogens (tertiary/aromatic N) is 1. The average molecular weight is 277 g/mol. The van der Waals surface area contributed by atoms with E-state index in [1.807, 2.05) is 0 Å². The van der Waals surface area contributed by atoms with Gasteiger partial charge in [-0.2, -0.15) is 0 Å². The minimum Gasteiger partial charge on any atom is -0.492 e. The second-order valence-electron chi connectivity index (χ2n) is 5.96. The molecule has 112 valence electrons. The molecule has 2 rings (SSSR count). The van der Waals surface area contributed by atoms with E-state index in [1.165, 1.54) is 24.1 Å². The van der Waals surface area contributed by atoms with Gasteiger partial charge in [0.05, 0.1) is 6.61 Å². The summed E-state index contributed by atoms with van der Waals surface area (Å²) in [5.41, 5.74) is 2.73. The molecule has 1 aliphatic heterocycles. The van der Waals surface area contributed by atoms with Gasteiger partial charge in [0.25, 0.3) is 0 Å². The van der Waals surface area contributed by atoms with Crippen molar-refractivity contribution in [3.63, 3.8) is 0 Å². The molecule has 1 aromatic rings. The zero-order chi connectivity index (χ0) is 14.5. The van der Waals surface area contributed by atoms with Crippen LogP contribution in [0.5, 0.6) is 5.75 Å². The summed E-state index contributed by atoms with van der Waals surface area (Å²) in [7, 11) is 1.75. The molecule has 0 bridgehead atoms. The van der Waals surface area contributed by atoms with Crippen molar-refractivity contribution in [3.8, 4) is 5.75 Å². The maximum absolute atomic E-state index is 5.98. The van der Waals surface area contributed by atoms with Gasteiger partial charge in [-0.05, 0) is 42.5 Å². The van der Waals surface area contributed by atoms with Gasteiger partial charge in [-0.1, -0.05) is 19.9 Å². The van der Waals surface area contributed by atoms with Crippen LogP contribution in [0.3, 0.4) is 0 Å². The first-order valence-corrected chi connectivity index (χ1v) is 7.58. The molecule has 20 heavy (non-hydrogen) atoms. The Morgan fingerprint density at radius 2 is 2.15 bits per heavy atom. The highest BCUT2D eigenvalue weighted by molar-refractivity contribution is 5.36. The third kappa shape index (κ3) is 3.74. The Morgan fingerprint density at radius 1 is 1.35 bits per heavy atom. The maximum atomic E-state index is 5.98. The molecule has 1 heterocycles. The van der Waals surface area contributed by atoms with Crippen molar-refractivity contribution in [3.05, 3.63) is 29.3 Å². The Labute approximate surface area is 122 Å². The third-order valence-corrected chi connectivity index (χ3v) is 4.16. The van der Waals surface area contributed by atoms with Crippen molar-refractivity contribution >= 4 is 0 Å². The summed E-state index contributed by atoms with van der Waals surface area (Å²) in [6.07, 6.45) is 1.23. The number of ether oxygens (including phenoxy) is 2. The van der Waals surface area contributed by atoms with Crippen LogP contribution in [0.2, 0.25) is 0 Å². The normalized spacial score (nSPS) is 19.1. The molecule has 1 aliphatic rings. The predicted octanol–water partition coefficient (Wildman–Crippen LogP) is 3.22. The SMILES string of the molecule is COCCN1CCC1COc1ccc(C)c(C(C)C)c1. The molecule has 0 amide bonds. The minimum atomic E-state index is 0.542. The second-order valence-corrected chi connectivity index (χ2v) is 5.96. The van der Waals surface area contributed by atoms with E-state index in [0.29, 0.717) is 12.0 Å². The number of rotatable bonds is 7. The lowest BCUT2D eigenvalue weighted by Crippen LogP contribution is -2.51. The molecule has 0 N–H and O–H groups in total. The maximum Gasteiger partial charge on any atom is 0.119 e. The van der Waals surface area contributed by atoms with Gasteiger partial charge in [0, 0.05) is 26.2 Å². The number of hydrogen-bond acceptors (Lipinski definition) is 3. The number of aryl methyl sites for hydroxylation is 1. The summed E-state index contributed by atoms with van der Waals surface area (Å²) in [4.78, 5) is 2.43. The number of likely N-dealkylation sites (tertiary alicyclic amines) is 1. The molecule has 1 fully saturated rings. The lowest BCUT2D eigenvalue weighted by Gasteiger charge is -2.40. The van der Waals surface area contributed by atoms with Crippen molar-refractivity contribution in [1.29, 1.82) is 0 Å². The molecule has 3 heteroatoms. The number of hydrogen-bond donors (Lipinski definition) is 0. The molecule has 0 spiro atoms. The van der Waals surface area contributed by atoms with Crippen molar-refractivity contribution in [1.82, 2.24) is 4.90 Å². The quantitative estimate of drug-likeness (QED) is 0.764. The molecular weight excluding hydrogens is 250 g/mol. The third-order valence-electron chi connectivity index (χ3n) is 4.16. The van der Waals surface area contributed by atoms with Gasteiger partial charge in [0.1, 0.15) is 12.4 Å². The number of methoxy groups -OCH3 is 1. The summed E-state index contributed by atoms with van der Waals surface area (Å²) < 4.78 is 11.1. The summed E-state index contributed by atoms with van der Waals surface area (Å²) >= 11 is 0. The zero-order valence-electron chi connectivity index (χ0n) is 13.2. The van der Waals surface area contributed by atoms with Gasteiger partial charge in [0.2, 0.25) is 0 Å². The van der Waals surface area contributed by atoms with Gasteiger partial charge >= 0.3 is 0 Å². The van der Waals surface area contributed by atoms with Crippen LogP contribution in [-0.2, 0) is 4.74 Å². The largest absolute Gasteiger partial charge is 0.492 e. The van der Waals surface area contributed by atoms with Gasteiger partial charge < -0.3 is 9.47 Å². The van der Waals surface area contributed by atoms with Crippen molar-refractivity contribution in [2.75, 3.05) is 33.4 Å². The summed E-state index contributed by atoms with van der Waals surface area (Å²) in [6.45, 7) is 10.4. The first-order chi connectivity index (χ1) is 9.61. The van der Waals surface area contributed by atoms with E-state index in [0.717, 1.165) is 25.5 Å². The Balaban J connectivity index is 1.86. The molecule has 0 radical (unpaired) electrons. The molecule has 0 aromatic heterocycles. The van der Waals surface area contributed by atoms with E-state index in [2.05, 4.69) is 43.9 Å². The Kier molecular flexibility index (Phi) is 5.44. The molecule has 3 nitrogen and oxygen atoms in total. The fourth-order valence-electron chi connectivity index (χ4n) is 2.71. The fourth-order valence-corrected chi connectivity index (χ4v) is 2.71. The van der Waals surface area contributed by atoms with E-state index >= 15 is 0 Å². The Morgan fingerprint density at radius 3 is 2.75 bits per heavy atom. The van der Waals surface area contributed by atoms with Crippen LogP contribution in [0, 0.1) is 6.92 Å². The standard InChI is InChI=1S/C17H27NO2/c1-13(2)17-11-16(6-5-14(17)3)20-12-15-7-8-18(15)9-10-19-4/h5-6,11,13,15H,7-10,12H2,1-4H3. The first-order valence-electron chi connectivity index (χ1n) is 7.58. The predicted molar refractivity (Wildman–Crippen MR) is 82.6 cm³/mol. The van der Waals surface area contributed by atoms with Crippen LogP contribution in [0.1, 0.15) is 37.3 Å². The lowest BCUT2D eigenvalue weighted by molar-refractivity contribution is 0.0283. The molecule has 1 saturated heterocycles. The summed E-state index contributed by atoms with van der Waals surface area (Å²) in [5.74, 6) is 1.54. The molecule has 1 atom stereocenters. The van der Waals surface area contributed by atoms with Crippen LogP contribution < -0.4 is 4.74 Å². The van der Waals surface area contributed by atoms with Crippen LogP contribution in [-0.4, -0.2) is 44.4 Å². The van der Waals surface area contributed by atoms with Crippen LogP contribution in [0.15, 0.2) is 18.2 Å². The van der Waals surface area contributed by atoms with Gasteiger partial charge in [-0.15, -0.1) is 0 Å². The highest BCUT2D eigenvalue weighted by Gasteiger charge is 2.27. The van der Waals surface area contributed by atoms with E-state index in [-0.39, 0.29) is 0 Å². The van der Waals surface area contributed by atoms with Gasteiger partial charge in [-0.25, -0.2) is 0 Å². The minimum absolute atomic E-state index is 0.542. The number of benzene rings is 1. The van der Waals surface area contributed by atoms with E-state index in [1.54, 1.807) is 7.11 Å². The Hall–Kier alpha value is -1.06. The highest BCUT2D eigenvalue weighted by Crippen LogP contribution is 2.25. The molecule has 0 aliphatic carbocycles. The van der Waals surface area contributed by atoms with Crippen LogP contribution in [0.25, 0.3) is 0 Å². The van der Waals surface area contributed by atoms with Crippen LogP contribution in [0.4, 0.5) is 0 Å². The van der Waals surface area contributed by atoms with Gasteiger partial charge in [-0.3, -0.25) is 4.90 Å². The molecule has 0 saturated carbocycles. The zero-order valence-corrected chi connectivity index (χ0v) is 13.2. The topological polar surface area (TPSA) is 21.7 Å². The van der Waals surface area contributed by atoms with Crippen LogP contribution >= 0.6 is 0 Å². The van der Waals surface area contributed by atoms with E-state index in [4.69, 9.17) is 9.47 Å². The molecular formula is C17H27NO2. The lowest BCUT2D eigenvalue weighted by atomic mass is 9.98. The first kappa shape index (κ1) is 15.3. The summed E-state index contributed by atoms with van der Waals surface area (Å²) in [5, 5.41) is 0. The fraction of sp³-hybridized carbons (Fsp3) is 0.647. The highest BCUT2D eigenvalue weighted by atomic mass is 16.5. The monoisotopic (exact) mass is 277 g/mol. The van der Waals surface area contributed by atoms with Crippen molar-refractivity contribution < 1.29 is 9.47 Å². The molecule has 1 aromatic carbocycles. The van der Waals surface area contributed by atoms with E-state index in [9.17, 15) is 0 Å². The van der Waals surface area contributed by atoms with Gasteiger partial charge in [0.15, 0.2) is 0 Å². The van der Waals surface area contributed by atoms with Crippen molar-refractivity contribution in [2.45, 2.75) is 39.2 Å². The molecule has 1 unspecified atom stereocenters. The smallest absolute Gasteiger partial charge is 0.119 e.